The molecular weight excluding hydrogens is 318 g/mol. The van der Waals surface area contributed by atoms with E-state index in [1.54, 1.807) is 12.3 Å². The van der Waals surface area contributed by atoms with E-state index in [9.17, 15) is 9.90 Å². The highest BCUT2D eigenvalue weighted by molar-refractivity contribution is 6.06. The van der Waals surface area contributed by atoms with E-state index in [0.717, 1.165) is 36.8 Å². The Hall–Kier alpha value is -2.02. The molecule has 1 saturated heterocycles. The Bertz CT molecular complexity index is 755. The molecule has 4 rings (SSSR count). The number of hydrogen-bond donors (Lipinski definition) is 2. The van der Waals surface area contributed by atoms with Crippen LogP contribution in [0, 0.1) is 0 Å². The number of rotatable bonds is 3. The Morgan fingerprint density at radius 3 is 2.88 bits per heavy atom. The Morgan fingerprint density at radius 2 is 2.04 bits per heavy atom. The molecule has 3 atom stereocenters. The molecule has 1 amide bonds. The zero-order valence-electron chi connectivity index (χ0n) is 14.1. The normalized spacial score (nSPS) is 27.5. The summed E-state index contributed by atoms with van der Waals surface area (Å²) in [6.07, 6.45) is 2.86. The molecule has 2 N–H and O–H groups in total. The summed E-state index contributed by atoms with van der Waals surface area (Å²) in [5.41, 5.74) is 1.40. The number of aliphatic hydroxyl groups excluding tert-OH is 1. The first-order valence-electron chi connectivity index (χ1n) is 8.88. The van der Waals surface area contributed by atoms with Gasteiger partial charge < -0.3 is 15.2 Å². The van der Waals surface area contributed by atoms with Crippen LogP contribution in [0.5, 0.6) is 0 Å². The zero-order valence-corrected chi connectivity index (χ0v) is 14.1. The number of aromatic nitrogens is 1. The molecule has 1 aliphatic heterocycles. The van der Waals surface area contributed by atoms with Gasteiger partial charge in [0.05, 0.1) is 30.9 Å². The number of nitrogens with one attached hydrogen (secondary N) is 1. The number of carbonyl (C=O) groups is 1. The fourth-order valence-electron chi connectivity index (χ4n) is 3.97. The van der Waals surface area contributed by atoms with Crippen LogP contribution in [-0.4, -0.2) is 65.4 Å². The van der Waals surface area contributed by atoms with E-state index in [-0.39, 0.29) is 18.0 Å². The topological polar surface area (TPSA) is 74.7 Å². The van der Waals surface area contributed by atoms with E-state index in [0.29, 0.717) is 18.8 Å². The number of carbonyl (C=O) groups excluding carboxylic acids is 1. The van der Waals surface area contributed by atoms with Gasteiger partial charge in [-0.15, -0.1) is 0 Å². The quantitative estimate of drug-likeness (QED) is 0.877. The number of aliphatic hydroxyl groups is 1. The molecule has 0 bridgehead atoms. The van der Waals surface area contributed by atoms with Gasteiger partial charge in [-0.05, 0) is 31.0 Å². The van der Waals surface area contributed by atoms with Gasteiger partial charge in [0, 0.05) is 36.3 Å². The van der Waals surface area contributed by atoms with Crippen LogP contribution < -0.4 is 5.32 Å². The van der Waals surface area contributed by atoms with Gasteiger partial charge in [-0.25, -0.2) is 0 Å². The third-order valence-corrected chi connectivity index (χ3v) is 5.30. The molecule has 0 radical (unpaired) electrons. The monoisotopic (exact) mass is 341 g/mol. The maximum absolute atomic E-state index is 12.8. The summed E-state index contributed by atoms with van der Waals surface area (Å²) in [6.45, 7) is 3.11. The summed E-state index contributed by atoms with van der Waals surface area (Å²) < 4.78 is 5.39. The number of hydrogen-bond acceptors (Lipinski definition) is 5. The molecule has 25 heavy (non-hydrogen) atoms. The maximum atomic E-state index is 12.8. The minimum Gasteiger partial charge on any atom is -0.389 e. The molecule has 1 aliphatic carbocycles. The first-order chi connectivity index (χ1) is 12.2. The lowest BCUT2D eigenvalue weighted by atomic mass is 10.1. The van der Waals surface area contributed by atoms with Crippen molar-refractivity contribution in [3.63, 3.8) is 0 Å². The number of ether oxygens (including phenoxy) is 1. The number of morpholine rings is 1. The van der Waals surface area contributed by atoms with E-state index < -0.39 is 6.10 Å². The van der Waals surface area contributed by atoms with Crippen LogP contribution in [0.3, 0.4) is 0 Å². The van der Waals surface area contributed by atoms with Gasteiger partial charge in [-0.2, -0.15) is 0 Å². The lowest BCUT2D eigenvalue weighted by Crippen LogP contribution is -2.51. The Kier molecular flexibility index (Phi) is 4.65. The highest BCUT2D eigenvalue weighted by Gasteiger charge is 2.39. The van der Waals surface area contributed by atoms with Crippen molar-refractivity contribution in [2.75, 3.05) is 26.3 Å². The van der Waals surface area contributed by atoms with Crippen molar-refractivity contribution in [3.8, 4) is 0 Å². The standard InChI is InChI=1S/C19H23N3O3/c23-18-16(6-7-17(18)22-9-11-25-12-10-22)21-19(24)14-3-1-5-15-13(14)4-2-8-20-15/h1-5,8,16-18,23H,6-7,9-12H2,(H,21,24)/t16-,17-,18-/m1/s1. The van der Waals surface area contributed by atoms with Gasteiger partial charge in [0.15, 0.2) is 0 Å². The van der Waals surface area contributed by atoms with Crippen molar-refractivity contribution >= 4 is 16.8 Å². The Labute approximate surface area is 146 Å². The Morgan fingerprint density at radius 1 is 1.20 bits per heavy atom. The van der Waals surface area contributed by atoms with Crippen molar-refractivity contribution in [2.45, 2.75) is 31.0 Å². The van der Waals surface area contributed by atoms with E-state index in [2.05, 4.69) is 15.2 Å². The van der Waals surface area contributed by atoms with Gasteiger partial charge >= 0.3 is 0 Å². The summed E-state index contributed by atoms with van der Waals surface area (Å²) >= 11 is 0. The number of benzene rings is 1. The van der Waals surface area contributed by atoms with Crippen LogP contribution in [0.25, 0.3) is 10.9 Å². The predicted molar refractivity (Wildman–Crippen MR) is 94.4 cm³/mol. The molecule has 1 aromatic carbocycles. The molecular formula is C19H23N3O3. The first kappa shape index (κ1) is 16.4. The molecule has 1 aromatic heterocycles. The van der Waals surface area contributed by atoms with Gasteiger partial charge in [0.25, 0.3) is 5.91 Å². The van der Waals surface area contributed by atoms with Crippen molar-refractivity contribution in [3.05, 3.63) is 42.1 Å². The number of amides is 1. The van der Waals surface area contributed by atoms with Crippen molar-refractivity contribution < 1.29 is 14.6 Å². The molecule has 2 aromatic rings. The van der Waals surface area contributed by atoms with Crippen LogP contribution >= 0.6 is 0 Å². The second-order valence-electron chi connectivity index (χ2n) is 6.74. The third kappa shape index (κ3) is 3.25. The lowest BCUT2D eigenvalue weighted by Gasteiger charge is -2.34. The minimum absolute atomic E-state index is 0.100. The van der Waals surface area contributed by atoms with Crippen LogP contribution in [0.4, 0.5) is 0 Å². The summed E-state index contributed by atoms with van der Waals surface area (Å²) in [5.74, 6) is -0.148. The second kappa shape index (κ2) is 7.07. The highest BCUT2D eigenvalue weighted by atomic mass is 16.5. The number of pyridine rings is 1. The van der Waals surface area contributed by atoms with Crippen LogP contribution in [-0.2, 0) is 4.74 Å². The van der Waals surface area contributed by atoms with E-state index >= 15 is 0 Å². The highest BCUT2D eigenvalue weighted by Crippen LogP contribution is 2.26. The van der Waals surface area contributed by atoms with E-state index in [1.807, 2.05) is 24.3 Å². The minimum atomic E-state index is -0.546. The van der Waals surface area contributed by atoms with Gasteiger partial charge in [-0.1, -0.05) is 12.1 Å². The number of nitrogens with zero attached hydrogens (tertiary/aromatic N) is 2. The molecule has 0 unspecified atom stereocenters. The summed E-state index contributed by atoms with van der Waals surface area (Å²) in [6, 6.07) is 9.16. The Balaban J connectivity index is 1.47. The van der Waals surface area contributed by atoms with Gasteiger partial charge in [0.1, 0.15) is 0 Å². The van der Waals surface area contributed by atoms with Gasteiger partial charge in [-0.3, -0.25) is 14.7 Å². The van der Waals surface area contributed by atoms with Crippen molar-refractivity contribution in [1.82, 2.24) is 15.2 Å². The molecule has 132 valence electrons. The fourth-order valence-corrected chi connectivity index (χ4v) is 3.97. The molecule has 6 nitrogen and oxygen atoms in total. The third-order valence-electron chi connectivity index (χ3n) is 5.30. The van der Waals surface area contributed by atoms with Gasteiger partial charge in [0.2, 0.25) is 0 Å². The number of fused-ring (bicyclic) bond motifs is 1. The lowest BCUT2D eigenvalue weighted by molar-refractivity contribution is -0.0154. The summed E-state index contributed by atoms with van der Waals surface area (Å²) in [7, 11) is 0. The first-order valence-corrected chi connectivity index (χ1v) is 8.88. The second-order valence-corrected chi connectivity index (χ2v) is 6.74. The largest absolute Gasteiger partial charge is 0.389 e. The average molecular weight is 341 g/mol. The van der Waals surface area contributed by atoms with Crippen LogP contribution in [0.15, 0.2) is 36.5 Å². The maximum Gasteiger partial charge on any atom is 0.252 e. The molecule has 2 aliphatic rings. The zero-order chi connectivity index (χ0) is 17.2. The molecule has 2 fully saturated rings. The fraction of sp³-hybridized carbons (Fsp3) is 0.474. The van der Waals surface area contributed by atoms with Crippen LogP contribution in [0.2, 0.25) is 0 Å². The van der Waals surface area contributed by atoms with E-state index in [1.165, 1.54) is 0 Å². The molecule has 6 heteroatoms. The van der Waals surface area contributed by atoms with Crippen LogP contribution in [0.1, 0.15) is 23.2 Å². The smallest absolute Gasteiger partial charge is 0.252 e. The van der Waals surface area contributed by atoms with E-state index in [4.69, 9.17) is 4.74 Å². The average Bonchev–Trinajstić information content (AvgIpc) is 3.02. The summed E-state index contributed by atoms with van der Waals surface area (Å²) in [4.78, 5) is 19.3. The van der Waals surface area contributed by atoms with Crippen molar-refractivity contribution in [2.24, 2.45) is 0 Å². The molecule has 0 spiro atoms. The molecule has 2 heterocycles. The molecule has 1 saturated carbocycles. The SMILES string of the molecule is O=C(N[C@@H]1CC[C@@H](N2CCOCC2)[C@@H]1O)c1cccc2ncccc12. The predicted octanol–water partition coefficient (Wildman–Crippen LogP) is 1.19. The van der Waals surface area contributed by atoms with Crippen molar-refractivity contribution in [1.29, 1.82) is 0 Å². The summed E-state index contributed by atoms with van der Waals surface area (Å²) in [5, 5.41) is 14.6.